The molecule has 1 aliphatic carbocycles. The third kappa shape index (κ3) is 3.89. The van der Waals surface area contributed by atoms with Gasteiger partial charge in [-0.1, -0.05) is 43.7 Å². The van der Waals surface area contributed by atoms with E-state index in [0.29, 0.717) is 12.4 Å². The van der Waals surface area contributed by atoms with Crippen molar-refractivity contribution in [2.45, 2.75) is 58.4 Å². The minimum absolute atomic E-state index is 0.0529. The Bertz CT molecular complexity index is 719. The highest BCUT2D eigenvalue weighted by Gasteiger charge is 2.18. The molecule has 0 bridgehead atoms. The molecule has 2 aromatic rings. The van der Waals surface area contributed by atoms with Crippen molar-refractivity contribution >= 4 is 0 Å². The van der Waals surface area contributed by atoms with Crippen molar-refractivity contribution in [1.29, 1.82) is 0 Å². The smallest absolute Gasteiger partial charge is 0.293 e. The van der Waals surface area contributed by atoms with Crippen LogP contribution in [0, 0.1) is 0 Å². The topological polar surface area (TPSA) is 31.2 Å². The molecule has 128 valence electrons. The highest BCUT2D eigenvalue weighted by molar-refractivity contribution is 5.32. The Morgan fingerprint density at radius 3 is 2.71 bits per heavy atom. The largest absolute Gasteiger partial charge is 0.488 e. The fourth-order valence-corrected chi connectivity index (χ4v) is 3.43. The van der Waals surface area contributed by atoms with Gasteiger partial charge in [0.25, 0.3) is 5.56 Å². The Labute approximate surface area is 144 Å². The molecule has 0 radical (unpaired) electrons. The summed E-state index contributed by atoms with van der Waals surface area (Å²) in [5.74, 6) is 0.530. The summed E-state index contributed by atoms with van der Waals surface area (Å²) in [7, 11) is 0. The molecule has 0 atom stereocenters. The molecule has 1 aromatic carbocycles. The lowest BCUT2D eigenvalue weighted by molar-refractivity contribution is 0.312. The zero-order valence-electron chi connectivity index (χ0n) is 14.6. The van der Waals surface area contributed by atoms with Crippen LogP contribution in [0.25, 0.3) is 0 Å². The molecule has 0 spiro atoms. The Morgan fingerprint density at radius 2 is 1.92 bits per heavy atom. The zero-order chi connectivity index (χ0) is 16.8. The van der Waals surface area contributed by atoms with E-state index in [1.165, 1.54) is 29.7 Å². The molecule has 0 amide bonds. The van der Waals surface area contributed by atoms with Gasteiger partial charge in [0.05, 0.1) is 6.61 Å². The van der Waals surface area contributed by atoms with Gasteiger partial charge in [0.2, 0.25) is 0 Å². The molecule has 0 saturated heterocycles. The van der Waals surface area contributed by atoms with Crippen LogP contribution in [0.5, 0.6) is 5.75 Å². The maximum Gasteiger partial charge on any atom is 0.293 e. The zero-order valence-corrected chi connectivity index (χ0v) is 14.6. The summed E-state index contributed by atoms with van der Waals surface area (Å²) in [6, 6.07) is 12.3. The lowest BCUT2D eigenvalue weighted by atomic mass is 9.95. The number of aromatic nitrogens is 1. The van der Waals surface area contributed by atoms with Crippen molar-refractivity contribution in [1.82, 2.24) is 4.57 Å². The lowest BCUT2D eigenvalue weighted by Gasteiger charge is -2.22. The average Bonchev–Trinajstić information content (AvgIpc) is 2.62. The van der Waals surface area contributed by atoms with Gasteiger partial charge in [-0.15, -0.1) is 0 Å². The molecule has 1 aliphatic rings. The van der Waals surface area contributed by atoms with Gasteiger partial charge in [0.15, 0.2) is 5.75 Å². The quantitative estimate of drug-likeness (QED) is 0.766. The number of fused-ring (bicyclic) bond motifs is 1. The van der Waals surface area contributed by atoms with Gasteiger partial charge in [-0.05, 0) is 49.3 Å². The predicted octanol–water partition coefficient (Wildman–Crippen LogP) is 4.15. The van der Waals surface area contributed by atoms with Gasteiger partial charge in [-0.3, -0.25) is 4.79 Å². The van der Waals surface area contributed by atoms with Crippen LogP contribution in [0.15, 0.2) is 41.2 Å². The normalized spacial score (nSPS) is 13.5. The second kappa shape index (κ2) is 8.18. The molecular weight excluding hydrogens is 298 g/mol. The van der Waals surface area contributed by atoms with Crippen molar-refractivity contribution in [3.63, 3.8) is 0 Å². The Kier molecular flexibility index (Phi) is 5.73. The van der Waals surface area contributed by atoms with Crippen LogP contribution in [0.2, 0.25) is 0 Å². The Balaban J connectivity index is 1.78. The number of nitrogens with zero attached hydrogens (tertiary/aromatic N) is 1. The first-order valence-electron chi connectivity index (χ1n) is 9.22. The van der Waals surface area contributed by atoms with Crippen LogP contribution in [0.3, 0.4) is 0 Å². The van der Waals surface area contributed by atoms with Gasteiger partial charge in [-0.25, -0.2) is 0 Å². The molecule has 3 rings (SSSR count). The Hall–Kier alpha value is -2.03. The average molecular weight is 325 g/mol. The van der Waals surface area contributed by atoms with Gasteiger partial charge in [0, 0.05) is 18.7 Å². The van der Waals surface area contributed by atoms with Gasteiger partial charge in [-0.2, -0.15) is 0 Å². The summed E-state index contributed by atoms with van der Waals surface area (Å²) in [5, 5.41) is 0. The first kappa shape index (κ1) is 16.8. The van der Waals surface area contributed by atoms with Crippen molar-refractivity contribution in [3.05, 3.63) is 63.6 Å². The van der Waals surface area contributed by atoms with Crippen molar-refractivity contribution in [2.75, 3.05) is 6.61 Å². The van der Waals surface area contributed by atoms with Crippen LogP contribution in [0.4, 0.5) is 0 Å². The molecule has 0 N–H and O–H groups in total. The summed E-state index contributed by atoms with van der Waals surface area (Å²) in [6.07, 6.45) is 7.46. The third-order valence-electron chi connectivity index (χ3n) is 4.79. The first-order valence-corrected chi connectivity index (χ1v) is 9.22. The van der Waals surface area contributed by atoms with Crippen LogP contribution < -0.4 is 10.3 Å². The molecule has 0 fully saturated rings. The minimum Gasteiger partial charge on any atom is -0.488 e. The van der Waals surface area contributed by atoms with E-state index in [9.17, 15) is 4.79 Å². The fraction of sp³-hybridized carbons (Fsp3) is 0.476. The summed E-state index contributed by atoms with van der Waals surface area (Å²) in [4.78, 5) is 12.8. The van der Waals surface area contributed by atoms with E-state index < -0.39 is 0 Å². The number of rotatable bonds is 7. The number of ether oxygens (including phenoxy) is 1. The van der Waals surface area contributed by atoms with E-state index in [-0.39, 0.29) is 5.56 Å². The number of benzene rings is 1. The van der Waals surface area contributed by atoms with Gasteiger partial charge < -0.3 is 9.30 Å². The summed E-state index contributed by atoms with van der Waals surface area (Å²) in [6.45, 7) is 3.52. The maximum atomic E-state index is 12.8. The van der Waals surface area contributed by atoms with E-state index in [4.69, 9.17) is 4.74 Å². The number of pyridine rings is 1. The first-order chi connectivity index (χ1) is 11.8. The van der Waals surface area contributed by atoms with E-state index >= 15 is 0 Å². The fourth-order valence-electron chi connectivity index (χ4n) is 3.43. The van der Waals surface area contributed by atoms with E-state index in [1.54, 1.807) is 0 Å². The summed E-state index contributed by atoms with van der Waals surface area (Å²) < 4.78 is 7.88. The molecule has 0 aliphatic heterocycles. The second-order valence-corrected chi connectivity index (χ2v) is 6.58. The number of unbranched alkanes of at least 4 members (excludes halogenated alkanes) is 1. The Morgan fingerprint density at radius 1 is 1.12 bits per heavy atom. The molecule has 24 heavy (non-hydrogen) atoms. The molecular formula is C21H27NO2. The van der Waals surface area contributed by atoms with E-state index in [0.717, 1.165) is 38.6 Å². The monoisotopic (exact) mass is 325 g/mol. The highest BCUT2D eigenvalue weighted by Crippen LogP contribution is 2.23. The van der Waals surface area contributed by atoms with Gasteiger partial charge in [0.1, 0.15) is 0 Å². The third-order valence-corrected chi connectivity index (χ3v) is 4.79. The molecule has 1 heterocycles. The molecule has 3 nitrogen and oxygen atoms in total. The predicted molar refractivity (Wildman–Crippen MR) is 97.9 cm³/mol. The summed E-state index contributed by atoms with van der Waals surface area (Å²) in [5.41, 5.74) is 3.85. The second-order valence-electron chi connectivity index (χ2n) is 6.58. The minimum atomic E-state index is 0.0529. The lowest BCUT2D eigenvalue weighted by Crippen LogP contribution is -2.28. The van der Waals surface area contributed by atoms with Crippen molar-refractivity contribution < 1.29 is 4.74 Å². The molecule has 0 saturated carbocycles. The van der Waals surface area contributed by atoms with Crippen molar-refractivity contribution in [2.24, 2.45) is 0 Å². The molecule has 0 unspecified atom stereocenters. The maximum absolute atomic E-state index is 12.8. The van der Waals surface area contributed by atoms with Crippen LogP contribution >= 0.6 is 0 Å². The molecule has 3 heteroatoms. The number of hydrogen-bond donors (Lipinski definition) is 0. The van der Waals surface area contributed by atoms with E-state index in [1.807, 2.05) is 28.8 Å². The van der Waals surface area contributed by atoms with E-state index in [2.05, 4.69) is 19.1 Å². The van der Waals surface area contributed by atoms with Crippen molar-refractivity contribution in [3.8, 4) is 5.75 Å². The standard InChI is InChI=1S/C21H27NO2/c1-2-3-14-22-19-12-8-7-11-18(19)16-20(21(22)23)24-15-13-17-9-5-4-6-10-17/h4-6,9-10,16H,2-3,7-8,11-15H2,1H3. The summed E-state index contributed by atoms with van der Waals surface area (Å²) >= 11 is 0. The number of aryl methyl sites for hydroxylation is 1. The highest BCUT2D eigenvalue weighted by atomic mass is 16.5. The van der Waals surface area contributed by atoms with Crippen LogP contribution in [-0.2, 0) is 25.8 Å². The van der Waals surface area contributed by atoms with Crippen LogP contribution in [0.1, 0.15) is 49.4 Å². The molecule has 1 aromatic heterocycles. The SMILES string of the molecule is CCCCn1c2c(cc(OCCc3ccccc3)c1=O)CCCC2. The number of hydrogen-bond acceptors (Lipinski definition) is 2. The van der Waals surface area contributed by atoms with Crippen LogP contribution in [-0.4, -0.2) is 11.2 Å². The van der Waals surface area contributed by atoms with Gasteiger partial charge >= 0.3 is 0 Å².